The molecule has 0 saturated carbocycles. The van der Waals surface area contributed by atoms with E-state index in [0.717, 1.165) is 33.8 Å². The third kappa shape index (κ3) is 4.27. The van der Waals surface area contributed by atoms with Gasteiger partial charge in [-0.25, -0.2) is 8.42 Å². The summed E-state index contributed by atoms with van der Waals surface area (Å²) in [5, 5.41) is 8.84. The van der Waals surface area contributed by atoms with Crippen LogP contribution in [0.1, 0.15) is 27.8 Å². The molecule has 0 bridgehead atoms. The zero-order chi connectivity index (χ0) is 23.0. The van der Waals surface area contributed by atoms with Crippen molar-refractivity contribution < 1.29 is 8.42 Å². The summed E-state index contributed by atoms with van der Waals surface area (Å²) >= 11 is 0. The lowest BCUT2D eigenvalue weighted by atomic mass is 10.0. The summed E-state index contributed by atoms with van der Waals surface area (Å²) in [7, 11) is -3.52. The number of rotatable bonds is 4. The van der Waals surface area contributed by atoms with Crippen LogP contribution in [0.25, 0.3) is 11.3 Å². The van der Waals surface area contributed by atoms with Crippen molar-refractivity contribution in [1.82, 2.24) is 14.5 Å². The minimum absolute atomic E-state index is 0.409. The maximum atomic E-state index is 13.2. The fourth-order valence-corrected chi connectivity index (χ4v) is 5.77. The number of aromatic nitrogens is 2. The van der Waals surface area contributed by atoms with Gasteiger partial charge in [-0.2, -0.15) is 4.31 Å². The minimum atomic E-state index is -3.52. The average molecular weight is 451 g/mol. The first-order valence-corrected chi connectivity index (χ1v) is 12.3. The van der Waals surface area contributed by atoms with Gasteiger partial charge in [-0.1, -0.05) is 18.2 Å². The van der Waals surface area contributed by atoms with Gasteiger partial charge in [0.25, 0.3) is 0 Å². The third-order valence-corrected chi connectivity index (χ3v) is 8.47. The van der Waals surface area contributed by atoms with Gasteiger partial charge in [-0.15, -0.1) is 10.2 Å². The number of hydrogen-bond acceptors (Lipinski definition) is 5. The maximum absolute atomic E-state index is 13.2. The SMILES string of the molecule is Cc1ccc(-c2ccc(N3CCN(S(=O)(=O)c4cc(C)c(C)cc4C)CC3)nn2)cc1C. The lowest BCUT2D eigenvalue weighted by molar-refractivity contribution is 0.383. The summed E-state index contributed by atoms with van der Waals surface area (Å²) in [6.45, 7) is 12.0. The fourth-order valence-electron chi connectivity index (χ4n) is 4.06. The number of benzene rings is 2. The van der Waals surface area contributed by atoms with Crippen LogP contribution in [0.15, 0.2) is 47.4 Å². The summed E-state index contributed by atoms with van der Waals surface area (Å²) < 4.78 is 28.1. The molecule has 0 N–H and O–H groups in total. The normalized spacial score (nSPS) is 15.2. The van der Waals surface area contributed by atoms with Crippen LogP contribution in [0.2, 0.25) is 0 Å². The molecular formula is C25H30N4O2S. The molecule has 1 aromatic heterocycles. The molecule has 1 aliphatic heterocycles. The second-order valence-electron chi connectivity index (χ2n) is 8.67. The molecular weight excluding hydrogens is 420 g/mol. The molecule has 2 aromatic carbocycles. The van der Waals surface area contributed by atoms with E-state index in [1.807, 2.05) is 39.0 Å². The summed E-state index contributed by atoms with van der Waals surface area (Å²) in [5.74, 6) is 0.775. The lowest BCUT2D eigenvalue weighted by Gasteiger charge is -2.34. The lowest BCUT2D eigenvalue weighted by Crippen LogP contribution is -2.49. The zero-order valence-electron chi connectivity index (χ0n) is 19.4. The van der Waals surface area contributed by atoms with E-state index >= 15 is 0 Å². The highest BCUT2D eigenvalue weighted by Gasteiger charge is 2.30. The summed E-state index contributed by atoms with van der Waals surface area (Å²) in [6.07, 6.45) is 0. The van der Waals surface area contributed by atoms with Crippen molar-refractivity contribution in [3.63, 3.8) is 0 Å². The topological polar surface area (TPSA) is 66.4 Å². The van der Waals surface area contributed by atoms with Crippen molar-refractivity contribution >= 4 is 15.8 Å². The minimum Gasteiger partial charge on any atom is -0.352 e. The van der Waals surface area contributed by atoms with Crippen LogP contribution in [0, 0.1) is 34.6 Å². The molecule has 0 radical (unpaired) electrons. The van der Waals surface area contributed by atoms with Crippen molar-refractivity contribution in [2.24, 2.45) is 0 Å². The quantitative estimate of drug-likeness (QED) is 0.596. The average Bonchev–Trinajstić information content (AvgIpc) is 2.78. The van der Waals surface area contributed by atoms with Crippen LogP contribution in [0.3, 0.4) is 0 Å². The molecule has 168 valence electrons. The first-order valence-electron chi connectivity index (χ1n) is 10.9. The Morgan fingerprint density at radius 2 is 1.34 bits per heavy atom. The van der Waals surface area contributed by atoms with E-state index in [0.29, 0.717) is 31.1 Å². The van der Waals surface area contributed by atoms with Gasteiger partial charge in [0, 0.05) is 31.7 Å². The van der Waals surface area contributed by atoms with E-state index in [2.05, 4.69) is 47.1 Å². The molecule has 1 saturated heterocycles. The van der Waals surface area contributed by atoms with Gasteiger partial charge in [-0.05, 0) is 86.7 Å². The van der Waals surface area contributed by atoms with Gasteiger partial charge in [-0.3, -0.25) is 0 Å². The van der Waals surface area contributed by atoms with Crippen LogP contribution < -0.4 is 4.90 Å². The molecule has 32 heavy (non-hydrogen) atoms. The first-order chi connectivity index (χ1) is 15.2. The van der Waals surface area contributed by atoms with E-state index < -0.39 is 10.0 Å². The first kappa shape index (κ1) is 22.4. The van der Waals surface area contributed by atoms with Gasteiger partial charge in [0.1, 0.15) is 0 Å². The Hall–Kier alpha value is -2.77. The second-order valence-corrected chi connectivity index (χ2v) is 10.6. The highest BCUT2D eigenvalue weighted by molar-refractivity contribution is 7.89. The Morgan fingerprint density at radius 1 is 0.688 bits per heavy atom. The molecule has 0 aliphatic carbocycles. The van der Waals surface area contributed by atoms with E-state index in [1.165, 1.54) is 11.1 Å². The van der Waals surface area contributed by atoms with Crippen molar-refractivity contribution in [2.75, 3.05) is 31.1 Å². The van der Waals surface area contributed by atoms with E-state index in [9.17, 15) is 8.42 Å². The zero-order valence-corrected chi connectivity index (χ0v) is 20.2. The molecule has 3 aromatic rings. The molecule has 1 aliphatic rings. The number of aryl methyl sites for hydroxylation is 5. The smallest absolute Gasteiger partial charge is 0.243 e. The molecule has 1 fully saturated rings. The monoisotopic (exact) mass is 450 g/mol. The predicted molar refractivity (Wildman–Crippen MR) is 129 cm³/mol. The second kappa shape index (κ2) is 8.64. The van der Waals surface area contributed by atoms with Crippen LogP contribution in [-0.4, -0.2) is 49.1 Å². The van der Waals surface area contributed by atoms with Crippen LogP contribution in [0.5, 0.6) is 0 Å². The van der Waals surface area contributed by atoms with Gasteiger partial charge in [0.15, 0.2) is 5.82 Å². The van der Waals surface area contributed by atoms with E-state index in [-0.39, 0.29) is 0 Å². The van der Waals surface area contributed by atoms with Gasteiger partial charge < -0.3 is 4.90 Å². The van der Waals surface area contributed by atoms with E-state index in [1.54, 1.807) is 10.4 Å². The highest BCUT2D eigenvalue weighted by atomic mass is 32.2. The molecule has 0 unspecified atom stereocenters. The Morgan fingerprint density at radius 3 is 1.97 bits per heavy atom. The fraction of sp³-hybridized carbons (Fsp3) is 0.360. The van der Waals surface area contributed by atoms with Crippen molar-refractivity contribution in [2.45, 2.75) is 39.5 Å². The molecule has 6 nitrogen and oxygen atoms in total. The molecule has 4 rings (SSSR count). The molecule has 0 spiro atoms. The van der Waals surface area contributed by atoms with Crippen molar-refractivity contribution in [1.29, 1.82) is 0 Å². The van der Waals surface area contributed by atoms with E-state index in [4.69, 9.17) is 0 Å². The van der Waals surface area contributed by atoms with Crippen LogP contribution in [-0.2, 0) is 10.0 Å². The van der Waals surface area contributed by atoms with Gasteiger partial charge >= 0.3 is 0 Å². The van der Waals surface area contributed by atoms with Crippen LogP contribution >= 0.6 is 0 Å². The molecule has 0 amide bonds. The molecule has 2 heterocycles. The standard InChI is InChI=1S/C25H30N4O2S/c1-17-6-7-22(15-19(17)3)23-8-9-25(27-26-23)28-10-12-29(13-11-28)32(30,31)24-16-20(4)18(2)14-21(24)5/h6-9,14-16H,10-13H2,1-5H3. The van der Waals surface area contributed by atoms with Crippen LogP contribution in [0.4, 0.5) is 5.82 Å². The highest BCUT2D eigenvalue weighted by Crippen LogP contribution is 2.26. The Labute approximate surface area is 191 Å². The maximum Gasteiger partial charge on any atom is 0.243 e. The predicted octanol–water partition coefficient (Wildman–Crippen LogP) is 4.20. The number of nitrogens with zero attached hydrogens (tertiary/aromatic N) is 4. The molecule has 7 heteroatoms. The molecule has 0 atom stereocenters. The van der Waals surface area contributed by atoms with Gasteiger partial charge in [0.05, 0.1) is 10.6 Å². The number of sulfonamides is 1. The largest absolute Gasteiger partial charge is 0.352 e. The number of hydrogen-bond donors (Lipinski definition) is 0. The third-order valence-electron chi connectivity index (χ3n) is 6.42. The number of piperazine rings is 1. The number of anilines is 1. The Kier molecular flexibility index (Phi) is 6.05. The Bertz CT molecular complexity index is 1250. The van der Waals surface area contributed by atoms with Gasteiger partial charge in [0.2, 0.25) is 10.0 Å². The summed E-state index contributed by atoms with van der Waals surface area (Å²) in [4.78, 5) is 2.50. The Balaban J connectivity index is 1.46. The summed E-state index contributed by atoms with van der Waals surface area (Å²) in [5.41, 5.74) is 7.26. The summed E-state index contributed by atoms with van der Waals surface area (Å²) in [6, 6.07) is 14.0. The van der Waals surface area contributed by atoms with Crippen molar-refractivity contribution in [3.8, 4) is 11.3 Å². The van der Waals surface area contributed by atoms with Crippen molar-refractivity contribution in [3.05, 3.63) is 70.3 Å².